The van der Waals surface area contributed by atoms with Crippen LogP contribution in [0.25, 0.3) is 0 Å². The molecule has 1 aliphatic rings. The lowest BCUT2D eigenvalue weighted by molar-refractivity contribution is -0.120. The third kappa shape index (κ3) is 7.83. The van der Waals surface area contributed by atoms with Crippen LogP contribution in [0.4, 0.5) is 0 Å². The van der Waals surface area contributed by atoms with Gasteiger partial charge in [0.25, 0.3) is 0 Å². The molecule has 106 valence electrons. The molecule has 0 atom stereocenters. The Hall–Kier alpha value is -0.410. The fourth-order valence-electron chi connectivity index (χ4n) is 2.48. The number of carbonyl (C=O) groups excluding carboxylic acids is 1. The molecule has 1 heterocycles. The number of Topliss-reactive ketones (excluding diaryl/α,β-unsaturated/α-hetero) is 1. The van der Waals surface area contributed by atoms with E-state index < -0.39 is 0 Å². The molecule has 0 aromatic heterocycles. The second-order valence-electron chi connectivity index (χ2n) is 5.44. The first-order valence-electron chi connectivity index (χ1n) is 7.77. The summed E-state index contributed by atoms with van der Waals surface area (Å²) in [6, 6.07) is 0. The molecule has 0 saturated carbocycles. The molecule has 0 bridgehead atoms. The number of rotatable bonds is 10. The van der Waals surface area contributed by atoms with Crippen molar-refractivity contribution in [2.75, 3.05) is 32.7 Å². The van der Waals surface area contributed by atoms with Gasteiger partial charge >= 0.3 is 0 Å². The van der Waals surface area contributed by atoms with Crippen molar-refractivity contribution in [1.29, 1.82) is 0 Å². The Labute approximate surface area is 112 Å². The lowest BCUT2D eigenvalue weighted by Crippen LogP contribution is -2.45. The summed E-state index contributed by atoms with van der Waals surface area (Å²) in [5.74, 6) is 0.436. The molecule has 0 aromatic carbocycles. The van der Waals surface area contributed by atoms with Crippen LogP contribution in [-0.2, 0) is 4.79 Å². The minimum absolute atomic E-state index is 0.436. The Kier molecular flexibility index (Phi) is 9.13. The van der Waals surface area contributed by atoms with Crippen molar-refractivity contribution in [2.24, 2.45) is 0 Å². The van der Waals surface area contributed by atoms with E-state index in [1.807, 2.05) is 0 Å². The van der Waals surface area contributed by atoms with E-state index in [1.165, 1.54) is 38.5 Å². The first kappa shape index (κ1) is 15.6. The monoisotopic (exact) mass is 254 g/mol. The molecule has 1 N–H and O–H groups in total. The molecule has 1 saturated heterocycles. The Morgan fingerprint density at radius 1 is 1.00 bits per heavy atom. The van der Waals surface area contributed by atoms with E-state index in [0.29, 0.717) is 12.3 Å². The number of carbonyl (C=O) groups is 1. The minimum atomic E-state index is 0.436. The third-order valence-electron chi connectivity index (χ3n) is 3.67. The summed E-state index contributed by atoms with van der Waals surface area (Å²) >= 11 is 0. The average Bonchev–Trinajstić information content (AvgIpc) is 2.39. The van der Waals surface area contributed by atoms with Crippen molar-refractivity contribution in [3.05, 3.63) is 0 Å². The second kappa shape index (κ2) is 10.5. The molecule has 0 aliphatic carbocycles. The molecule has 0 radical (unpaired) electrons. The number of ketones is 1. The fraction of sp³-hybridized carbons (Fsp3) is 0.933. The number of hydrogen-bond acceptors (Lipinski definition) is 3. The van der Waals surface area contributed by atoms with Gasteiger partial charge in [-0.2, -0.15) is 0 Å². The van der Waals surface area contributed by atoms with Gasteiger partial charge in [0.15, 0.2) is 0 Å². The molecule has 3 heteroatoms. The summed E-state index contributed by atoms with van der Waals surface area (Å²) in [5.41, 5.74) is 0. The summed E-state index contributed by atoms with van der Waals surface area (Å²) in [6.07, 6.45) is 9.81. The molecule has 0 unspecified atom stereocenters. The van der Waals surface area contributed by atoms with Crippen molar-refractivity contribution in [2.45, 2.75) is 58.3 Å². The van der Waals surface area contributed by atoms with Gasteiger partial charge in [-0.25, -0.2) is 0 Å². The topological polar surface area (TPSA) is 32.3 Å². The van der Waals surface area contributed by atoms with Crippen LogP contribution in [0.1, 0.15) is 58.3 Å². The zero-order valence-corrected chi connectivity index (χ0v) is 12.0. The average molecular weight is 254 g/mol. The van der Waals surface area contributed by atoms with E-state index in [0.717, 1.165) is 39.0 Å². The maximum absolute atomic E-state index is 11.8. The molecule has 1 aliphatic heterocycles. The molecule has 0 spiro atoms. The van der Waals surface area contributed by atoms with Crippen LogP contribution < -0.4 is 5.32 Å². The van der Waals surface area contributed by atoms with Gasteiger partial charge < -0.3 is 5.32 Å². The summed E-state index contributed by atoms with van der Waals surface area (Å²) in [5, 5.41) is 3.31. The van der Waals surface area contributed by atoms with E-state index in [-0.39, 0.29) is 0 Å². The number of nitrogens with zero attached hydrogens (tertiary/aromatic N) is 1. The highest BCUT2D eigenvalue weighted by Gasteiger charge is 2.12. The SMILES string of the molecule is CCCCCCCCCC(=O)CN1CCNCC1. The Bertz CT molecular complexity index is 213. The van der Waals surface area contributed by atoms with Crippen LogP contribution in [0, 0.1) is 0 Å². The number of nitrogens with one attached hydrogen (secondary N) is 1. The Morgan fingerprint density at radius 2 is 1.61 bits per heavy atom. The second-order valence-corrected chi connectivity index (χ2v) is 5.44. The summed E-state index contributed by atoms with van der Waals surface area (Å²) in [6.45, 7) is 7.05. The molecule has 0 aromatic rings. The highest BCUT2D eigenvalue weighted by molar-refractivity contribution is 5.80. The minimum Gasteiger partial charge on any atom is -0.314 e. The van der Waals surface area contributed by atoms with Gasteiger partial charge in [-0.15, -0.1) is 0 Å². The van der Waals surface area contributed by atoms with Crippen LogP contribution in [0.15, 0.2) is 0 Å². The first-order chi connectivity index (χ1) is 8.83. The van der Waals surface area contributed by atoms with Crippen LogP contribution >= 0.6 is 0 Å². The quantitative estimate of drug-likeness (QED) is 0.608. The van der Waals surface area contributed by atoms with Crippen LogP contribution in [-0.4, -0.2) is 43.4 Å². The van der Waals surface area contributed by atoms with Crippen LogP contribution in [0.3, 0.4) is 0 Å². The summed E-state index contributed by atoms with van der Waals surface area (Å²) < 4.78 is 0. The zero-order valence-electron chi connectivity index (χ0n) is 12.0. The van der Waals surface area contributed by atoms with Crippen LogP contribution in [0.2, 0.25) is 0 Å². The number of unbranched alkanes of at least 4 members (excludes halogenated alkanes) is 6. The van der Waals surface area contributed by atoms with E-state index in [1.54, 1.807) is 0 Å². The summed E-state index contributed by atoms with van der Waals surface area (Å²) in [4.78, 5) is 14.1. The van der Waals surface area contributed by atoms with E-state index in [2.05, 4.69) is 17.1 Å². The van der Waals surface area contributed by atoms with E-state index >= 15 is 0 Å². The van der Waals surface area contributed by atoms with E-state index in [9.17, 15) is 4.79 Å². The molecule has 1 rings (SSSR count). The zero-order chi connectivity index (χ0) is 13.1. The highest BCUT2D eigenvalue weighted by atomic mass is 16.1. The maximum atomic E-state index is 11.8. The number of piperazine rings is 1. The Morgan fingerprint density at radius 3 is 2.28 bits per heavy atom. The van der Waals surface area contributed by atoms with Gasteiger partial charge in [0, 0.05) is 32.6 Å². The molecule has 18 heavy (non-hydrogen) atoms. The largest absolute Gasteiger partial charge is 0.314 e. The smallest absolute Gasteiger partial charge is 0.146 e. The summed E-state index contributed by atoms with van der Waals surface area (Å²) in [7, 11) is 0. The molecule has 0 amide bonds. The maximum Gasteiger partial charge on any atom is 0.146 e. The lowest BCUT2D eigenvalue weighted by Gasteiger charge is -2.26. The van der Waals surface area contributed by atoms with Gasteiger partial charge in [-0.05, 0) is 6.42 Å². The van der Waals surface area contributed by atoms with Gasteiger partial charge in [0.2, 0.25) is 0 Å². The normalized spacial score (nSPS) is 16.9. The van der Waals surface area contributed by atoms with Gasteiger partial charge in [-0.1, -0.05) is 45.4 Å². The first-order valence-corrected chi connectivity index (χ1v) is 7.77. The van der Waals surface area contributed by atoms with Gasteiger partial charge in [-0.3, -0.25) is 9.69 Å². The highest BCUT2D eigenvalue weighted by Crippen LogP contribution is 2.09. The van der Waals surface area contributed by atoms with Crippen molar-refractivity contribution in [1.82, 2.24) is 10.2 Å². The predicted octanol–water partition coefficient (Wildman–Crippen LogP) is 2.60. The third-order valence-corrected chi connectivity index (χ3v) is 3.67. The van der Waals surface area contributed by atoms with Crippen LogP contribution in [0.5, 0.6) is 0 Å². The van der Waals surface area contributed by atoms with Crippen molar-refractivity contribution < 1.29 is 4.79 Å². The fourth-order valence-corrected chi connectivity index (χ4v) is 2.48. The predicted molar refractivity (Wildman–Crippen MR) is 76.9 cm³/mol. The Balaban J connectivity index is 1.90. The van der Waals surface area contributed by atoms with Gasteiger partial charge in [0.05, 0.1) is 6.54 Å². The standard InChI is InChI=1S/C15H30N2O/c1-2-3-4-5-6-7-8-9-15(18)14-17-12-10-16-11-13-17/h16H,2-14H2,1H3. The molecular weight excluding hydrogens is 224 g/mol. The van der Waals surface area contributed by atoms with Crippen molar-refractivity contribution in [3.8, 4) is 0 Å². The molecule has 1 fully saturated rings. The van der Waals surface area contributed by atoms with Crippen molar-refractivity contribution >= 4 is 5.78 Å². The molecule has 3 nitrogen and oxygen atoms in total. The van der Waals surface area contributed by atoms with Gasteiger partial charge in [0.1, 0.15) is 5.78 Å². The number of hydrogen-bond donors (Lipinski definition) is 1. The van der Waals surface area contributed by atoms with Crippen molar-refractivity contribution in [3.63, 3.8) is 0 Å². The van der Waals surface area contributed by atoms with E-state index in [4.69, 9.17) is 0 Å². The molecular formula is C15H30N2O. The lowest BCUT2D eigenvalue weighted by atomic mass is 10.1.